The summed E-state index contributed by atoms with van der Waals surface area (Å²) in [5.74, 6) is 0.605. The predicted molar refractivity (Wildman–Crippen MR) is 67.2 cm³/mol. The maximum Gasteiger partial charge on any atom is 0.0910 e. The maximum atomic E-state index is 5.42. The van der Waals surface area contributed by atoms with Crippen molar-refractivity contribution >= 4 is 6.08 Å². The molecule has 0 aromatic carbocycles. The average molecular weight is 230 g/mol. The third kappa shape index (κ3) is 2.20. The second-order valence-electron chi connectivity index (χ2n) is 4.69. The summed E-state index contributed by atoms with van der Waals surface area (Å²) in [7, 11) is 0. The van der Waals surface area contributed by atoms with Crippen molar-refractivity contribution in [2.45, 2.75) is 31.6 Å². The van der Waals surface area contributed by atoms with Crippen LogP contribution in [0.1, 0.15) is 37.2 Å². The van der Waals surface area contributed by atoms with Crippen molar-refractivity contribution < 1.29 is 4.74 Å². The van der Waals surface area contributed by atoms with Gasteiger partial charge in [0.25, 0.3) is 0 Å². The van der Waals surface area contributed by atoms with E-state index in [0.29, 0.717) is 5.92 Å². The number of aromatic nitrogens is 1. The van der Waals surface area contributed by atoms with E-state index in [1.807, 2.05) is 6.20 Å². The van der Waals surface area contributed by atoms with E-state index in [4.69, 9.17) is 4.74 Å². The first kappa shape index (κ1) is 10.8. The molecule has 0 bridgehead atoms. The topological polar surface area (TPSA) is 37.4 Å². The van der Waals surface area contributed by atoms with Crippen LogP contribution in [0.2, 0.25) is 0 Å². The van der Waals surface area contributed by atoms with Crippen LogP contribution >= 0.6 is 0 Å². The molecule has 0 aliphatic carbocycles. The van der Waals surface area contributed by atoms with Gasteiger partial charge in [0.15, 0.2) is 0 Å². The van der Waals surface area contributed by atoms with Gasteiger partial charge in [-0.05, 0) is 37.2 Å². The third-order valence-electron chi connectivity index (χ3n) is 3.56. The lowest BCUT2D eigenvalue weighted by Crippen LogP contribution is -2.28. The van der Waals surface area contributed by atoms with E-state index in [0.717, 1.165) is 44.3 Å². The molecule has 1 N–H and O–H groups in total. The summed E-state index contributed by atoms with van der Waals surface area (Å²) < 4.78 is 5.42. The molecule has 1 aromatic heterocycles. The van der Waals surface area contributed by atoms with Crippen LogP contribution in [-0.2, 0) is 4.74 Å². The summed E-state index contributed by atoms with van der Waals surface area (Å²) in [6.45, 7) is 1.76. The largest absolute Gasteiger partial charge is 0.381 e. The fourth-order valence-electron chi connectivity index (χ4n) is 2.59. The summed E-state index contributed by atoms with van der Waals surface area (Å²) in [6, 6.07) is 0. The smallest absolute Gasteiger partial charge is 0.0910 e. The van der Waals surface area contributed by atoms with Crippen LogP contribution in [0.15, 0.2) is 23.5 Å². The first-order valence-corrected chi connectivity index (χ1v) is 6.43. The quantitative estimate of drug-likeness (QED) is 0.782. The molecule has 1 aromatic rings. The lowest BCUT2D eigenvalue weighted by atomic mass is 9.93. The Morgan fingerprint density at radius 2 is 2.12 bits per heavy atom. The molecule has 0 atom stereocenters. The van der Waals surface area contributed by atoms with Crippen LogP contribution in [0.25, 0.3) is 6.08 Å². The van der Waals surface area contributed by atoms with Crippen LogP contribution in [0.5, 0.6) is 0 Å². The minimum absolute atomic E-state index is 0.605. The Morgan fingerprint density at radius 3 is 3.00 bits per heavy atom. The molecule has 0 amide bonds. The lowest BCUT2D eigenvalue weighted by Gasteiger charge is -2.20. The zero-order chi connectivity index (χ0) is 11.5. The maximum absolute atomic E-state index is 5.42. The molecule has 0 unspecified atom stereocenters. The first-order chi connectivity index (χ1) is 8.45. The van der Waals surface area contributed by atoms with Crippen molar-refractivity contribution in [1.82, 2.24) is 4.98 Å². The number of nitrogens with zero attached hydrogens (tertiary/aromatic N) is 1. The molecule has 3 rings (SSSR count). The standard InChI is InChI=1S/C14H18N2O/c1-2-4-13-14(15-7-3-1)12(10-16-13)11-5-8-17-9-6-11/h3-4,7,10-11,16H,1-2,5-6,8-9H2. The normalized spacial score (nSPS) is 20.9. The number of ether oxygens (including phenoxy) is 1. The van der Waals surface area contributed by atoms with Gasteiger partial charge in [0, 0.05) is 25.6 Å². The van der Waals surface area contributed by atoms with Gasteiger partial charge in [0.1, 0.15) is 0 Å². The zero-order valence-corrected chi connectivity index (χ0v) is 9.98. The van der Waals surface area contributed by atoms with E-state index >= 15 is 0 Å². The Balaban J connectivity index is 2.04. The molecule has 2 aliphatic heterocycles. The molecule has 0 saturated carbocycles. The number of hydrogen-bond acceptors (Lipinski definition) is 2. The van der Waals surface area contributed by atoms with Crippen LogP contribution in [0, 0.1) is 0 Å². The first-order valence-electron chi connectivity index (χ1n) is 6.43. The zero-order valence-electron chi connectivity index (χ0n) is 9.98. The Hall–Kier alpha value is -1.35. The number of rotatable bonds is 1. The molecule has 90 valence electrons. The van der Waals surface area contributed by atoms with Gasteiger partial charge in [-0.1, -0.05) is 12.2 Å². The fourth-order valence-corrected chi connectivity index (χ4v) is 2.59. The van der Waals surface area contributed by atoms with E-state index in [2.05, 4.69) is 28.3 Å². The Labute approximate surface area is 101 Å². The minimum atomic E-state index is 0.605. The minimum Gasteiger partial charge on any atom is -0.381 e. The average Bonchev–Trinajstić information content (AvgIpc) is 2.72. The number of hydrogen-bond donors (Lipinski definition) is 1. The summed E-state index contributed by atoms with van der Waals surface area (Å²) in [4.78, 5) is 7.97. The second-order valence-corrected chi connectivity index (χ2v) is 4.69. The van der Waals surface area contributed by atoms with E-state index < -0.39 is 0 Å². The molecule has 0 radical (unpaired) electrons. The van der Waals surface area contributed by atoms with Crippen LogP contribution in [0.3, 0.4) is 0 Å². The fraction of sp³-hybridized carbons (Fsp3) is 0.500. The van der Waals surface area contributed by atoms with Crippen molar-refractivity contribution in [1.29, 1.82) is 0 Å². The molecule has 3 heteroatoms. The van der Waals surface area contributed by atoms with Gasteiger partial charge >= 0.3 is 0 Å². The highest BCUT2D eigenvalue weighted by atomic mass is 16.5. The van der Waals surface area contributed by atoms with Gasteiger partial charge in [-0.2, -0.15) is 0 Å². The highest BCUT2D eigenvalue weighted by molar-refractivity contribution is 5.26. The Morgan fingerprint density at radius 1 is 1.24 bits per heavy atom. The number of fused-ring (bicyclic) bond motifs is 1. The highest BCUT2D eigenvalue weighted by Crippen LogP contribution is 2.23. The molecular weight excluding hydrogens is 212 g/mol. The van der Waals surface area contributed by atoms with Crippen molar-refractivity contribution in [3.05, 3.63) is 34.7 Å². The molecule has 3 heterocycles. The monoisotopic (exact) mass is 230 g/mol. The van der Waals surface area contributed by atoms with Crippen LogP contribution in [0.4, 0.5) is 0 Å². The van der Waals surface area contributed by atoms with Gasteiger partial charge in [0.05, 0.1) is 10.7 Å². The summed E-state index contributed by atoms with van der Waals surface area (Å²) in [5.41, 5.74) is 1.37. The third-order valence-corrected chi connectivity index (χ3v) is 3.56. The molecule has 1 saturated heterocycles. The number of nitrogens with one attached hydrogen (secondary N) is 1. The van der Waals surface area contributed by atoms with Gasteiger partial charge in [-0.25, -0.2) is 0 Å². The van der Waals surface area contributed by atoms with Crippen molar-refractivity contribution in [2.75, 3.05) is 13.2 Å². The second kappa shape index (κ2) is 4.88. The Bertz CT molecular complexity index is 521. The van der Waals surface area contributed by atoms with Gasteiger partial charge in [-0.3, -0.25) is 4.99 Å². The van der Waals surface area contributed by atoms with Crippen molar-refractivity contribution in [3.8, 4) is 0 Å². The van der Waals surface area contributed by atoms with E-state index in [9.17, 15) is 0 Å². The number of aromatic amines is 1. The number of H-pyrrole nitrogens is 1. The number of allylic oxidation sites excluding steroid dienone is 1. The van der Waals surface area contributed by atoms with Crippen LogP contribution in [-0.4, -0.2) is 18.2 Å². The molecule has 1 fully saturated rings. The summed E-state index contributed by atoms with van der Waals surface area (Å²) in [5, 5.41) is 2.34. The van der Waals surface area contributed by atoms with E-state index in [1.54, 1.807) is 0 Å². The van der Waals surface area contributed by atoms with Crippen molar-refractivity contribution in [3.63, 3.8) is 0 Å². The predicted octanol–water partition coefficient (Wildman–Crippen LogP) is 1.62. The molecule has 17 heavy (non-hydrogen) atoms. The summed E-state index contributed by atoms with van der Waals surface area (Å²) in [6.07, 6.45) is 12.9. The summed E-state index contributed by atoms with van der Waals surface area (Å²) >= 11 is 0. The Kier molecular flexibility index (Phi) is 3.10. The van der Waals surface area contributed by atoms with Gasteiger partial charge < -0.3 is 9.72 Å². The van der Waals surface area contributed by atoms with Gasteiger partial charge in [0.2, 0.25) is 0 Å². The molecule has 2 aliphatic rings. The molecule has 3 nitrogen and oxygen atoms in total. The highest BCUT2D eigenvalue weighted by Gasteiger charge is 2.18. The molecular formula is C14H18N2O. The lowest BCUT2D eigenvalue weighted by molar-refractivity contribution is 0.0851. The van der Waals surface area contributed by atoms with Gasteiger partial charge in [-0.15, -0.1) is 0 Å². The van der Waals surface area contributed by atoms with Crippen LogP contribution < -0.4 is 10.7 Å². The van der Waals surface area contributed by atoms with Crippen molar-refractivity contribution in [2.24, 2.45) is 4.99 Å². The SMILES string of the molecule is C1=CN=c2c(C3CCOCC3)c[nH]c2=CCC1. The molecule has 0 spiro atoms. The van der Waals surface area contributed by atoms with E-state index in [1.165, 1.54) is 10.9 Å². The van der Waals surface area contributed by atoms with E-state index in [-0.39, 0.29) is 0 Å².